The molecule has 10 rings (SSSR count). The highest BCUT2D eigenvalue weighted by Crippen LogP contribution is 2.67. The largest absolute Gasteiger partial charge is 0.446 e. The fourth-order valence-corrected chi connectivity index (χ4v) is 9.72. The van der Waals surface area contributed by atoms with Crippen molar-refractivity contribution in [2.75, 3.05) is 0 Å². The van der Waals surface area contributed by atoms with Gasteiger partial charge in [-0.15, -0.1) is 0 Å². The topological polar surface area (TPSA) is 105 Å². The van der Waals surface area contributed by atoms with E-state index in [0.717, 1.165) is 31.2 Å². The average molecular weight is 759 g/mol. The summed E-state index contributed by atoms with van der Waals surface area (Å²) in [6, 6.07) is 7.77. The molecule has 46 heavy (non-hydrogen) atoms. The fraction of sp³-hybridized carbons (Fsp3) is 0.556. The monoisotopic (exact) mass is 756 g/mol. The molecule has 2 aliphatic heterocycles. The molecule has 0 amide bonds. The van der Waals surface area contributed by atoms with Crippen LogP contribution in [0.2, 0.25) is 0 Å². The zero-order valence-corrected chi connectivity index (χ0v) is 30.2. The van der Waals surface area contributed by atoms with Gasteiger partial charge in [-0.2, -0.15) is 0 Å². The average Bonchev–Trinajstić information content (AvgIpc) is 3.45. The lowest BCUT2D eigenvalue weighted by atomic mass is 9.66. The normalized spacial score (nSPS) is 33.0. The molecule has 2 aromatic carbocycles. The molecule has 0 radical (unpaired) electrons. The van der Waals surface area contributed by atoms with E-state index < -0.39 is 44.8 Å². The first-order valence-electron chi connectivity index (χ1n) is 16.0. The Morgan fingerprint density at radius 3 is 1.24 bits per heavy atom. The third-order valence-corrected chi connectivity index (χ3v) is 14.5. The van der Waals surface area contributed by atoms with Crippen molar-refractivity contribution in [3.63, 3.8) is 0 Å². The second kappa shape index (κ2) is 9.91. The van der Waals surface area contributed by atoms with E-state index in [9.17, 15) is 19.2 Å². The number of benzene rings is 2. The molecule has 8 nitrogen and oxygen atoms in total. The van der Waals surface area contributed by atoms with Gasteiger partial charge >= 0.3 is 23.9 Å². The van der Waals surface area contributed by atoms with E-state index >= 15 is 0 Å². The van der Waals surface area contributed by atoms with Gasteiger partial charge in [0.15, 0.2) is 0 Å². The van der Waals surface area contributed by atoms with Crippen LogP contribution in [0.1, 0.15) is 89.5 Å². The first kappa shape index (κ1) is 31.9. The highest BCUT2D eigenvalue weighted by Gasteiger charge is 2.77. The van der Waals surface area contributed by atoms with E-state index in [1.54, 1.807) is 0 Å². The van der Waals surface area contributed by atoms with E-state index in [0.29, 0.717) is 62.9 Å². The Kier molecular flexibility index (Phi) is 6.86. The molecule has 4 atom stereocenters. The Labute approximate surface area is 285 Å². The summed E-state index contributed by atoms with van der Waals surface area (Å²) in [5.41, 5.74) is -2.08. The predicted octanol–water partition coefficient (Wildman–Crippen LogP) is 7.15. The van der Waals surface area contributed by atoms with Crippen molar-refractivity contribution < 1.29 is 38.1 Å². The number of hydrogen-bond acceptors (Lipinski definition) is 8. The minimum atomic E-state index is -1.33. The molecule has 0 aromatic heterocycles. The molecular formula is C36H38Br2O8. The zero-order chi connectivity index (χ0) is 33.2. The zero-order valence-electron chi connectivity index (χ0n) is 27.0. The number of hydrogen-bond donors (Lipinski definition) is 0. The molecule has 6 aliphatic carbocycles. The van der Waals surface area contributed by atoms with Crippen LogP contribution < -0.4 is 9.47 Å². The first-order chi connectivity index (χ1) is 21.4. The van der Waals surface area contributed by atoms with Crippen molar-refractivity contribution in [1.29, 1.82) is 0 Å². The SMILES string of the molecule is CC1(C)[C@@]2(C)CC[C@]1(C(=O)Oc1cc3c(Br)cc1CCc1cc(OC(=O)[C@@]45CC[C@@](C)(C(=O)O4)C5(C)C)c(cc1Br)CC3)OC2=O. The van der Waals surface area contributed by atoms with Gasteiger partial charge in [0.05, 0.1) is 10.8 Å². The fourth-order valence-electron chi connectivity index (χ4n) is 8.55. The summed E-state index contributed by atoms with van der Waals surface area (Å²) < 4.78 is 25.7. The van der Waals surface area contributed by atoms with Crippen LogP contribution in [0.25, 0.3) is 0 Å². The van der Waals surface area contributed by atoms with Crippen LogP contribution in [0.4, 0.5) is 0 Å². The van der Waals surface area contributed by atoms with E-state index in [1.165, 1.54) is 0 Å². The molecule has 0 spiro atoms. The molecule has 4 fully saturated rings. The van der Waals surface area contributed by atoms with Crippen LogP contribution in [-0.2, 0) is 54.3 Å². The van der Waals surface area contributed by atoms with Crippen LogP contribution in [-0.4, -0.2) is 35.1 Å². The maximum absolute atomic E-state index is 13.9. The standard InChI is InChI=1S/C36H38Br2O8/c1-31(2)33(5)11-13-35(31,45-27(33)39)29(41)43-25-17-19-8-10-22-16-24(38)20(7-9-21(25)15-23(19)37)18-26(22)44-30(42)36-14-12-34(6,28(40)46-36)32(36,3)4/h15-18H,7-14H2,1-6H3/t33-,34-,35+,36+/m0/s1. The summed E-state index contributed by atoms with van der Waals surface area (Å²) in [6.45, 7) is 11.4. The summed E-state index contributed by atoms with van der Waals surface area (Å²) in [7, 11) is 0. The van der Waals surface area contributed by atoms with Crippen molar-refractivity contribution >= 4 is 55.7 Å². The lowest BCUT2D eigenvalue weighted by Crippen LogP contribution is -2.50. The second-order valence-electron chi connectivity index (χ2n) is 15.2. The smallest absolute Gasteiger partial charge is 0.356 e. The molecule has 2 aromatic rings. The first-order valence-corrected chi connectivity index (χ1v) is 17.6. The summed E-state index contributed by atoms with van der Waals surface area (Å²) in [6.07, 6.45) is 4.14. The van der Waals surface area contributed by atoms with E-state index in [4.69, 9.17) is 18.9 Å². The van der Waals surface area contributed by atoms with Crippen LogP contribution in [0.5, 0.6) is 11.5 Å². The number of esters is 4. The Bertz CT molecular complexity index is 1630. The number of fused-ring (bicyclic) bond motifs is 4. The van der Waals surface area contributed by atoms with E-state index in [1.807, 2.05) is 65.8 Å². The minimum absolute atomic E-state index is 0.347. The van der Waals surface area contributed by atoms with Gasteiger partial charge in [0.2, 0.25) is 11.2 Å². The highest BCUT2D eigenvalue weighted by molar-refractivity contribution is 9.10. The number of carbonyl (C=O) groups is 4. The maximum Gasteiger partial charge on any atom is 0.356 e. The summed E-state index contributed by atoms with van der Waals surface area (Å²) >= 11 is 7.46. The van der Waals surface area contributed by atoms with Crippen LogP contribution in [0.15, 0.2) is 33.2 Å². The number of carbonyl (C=O) groups excluding carboxylic acids is 4. The van der Waals surface area contributed by atoms with Crippen molar-refractivity contribution in [3.05, 3.63) is 55.5 Å². The molecule has 2 saturated heterocycles. The van der Waals surface area contributed by atoms with Gasteiger partial charge in [-0.1, -0.05) is 59.6 Å². The van der Waals surface area contributed by atoms with Crippen molar-refractivity contribution in [1.82, 2.24) is 0 Å². The molecule has 8 aliphatic rings. The van der Waals surface area contributed by atoms with Gasteiger partial charge in [0, 0.05) is 19.8 Å². The number of rotatable bonds is 4. The number of ether oxygens (including phenoxy) is 4. The highest BCUT2D eigenvalue weighted by atomic mass is 79.9. The number of aryl methyl sites for hydroxylation is 4. The molecule has 2 saturated carbocycles. The Balaban J connectivity index is 1.18. The molecule has 2 heterocycles. The Hall–Kier alpha value is -2.72. The van der Waals surface area contributed by atoms with E-state index in [2.05, 4.69) is 31.9 Å². The van der Waals surface area contributed by atoms with Crippen LogP contribution in [0.3, 0.4) is 0 Å². The van der Waals surface area contributed by atoms with Crippen molar-refractivity contribution in [2.24, 2.45) is 21.7 Å². The predicted molar refractivity (Wildman–Crippen MR) is 174 cm³/mol. The molecular weight excluding hydrogens is 720 g/mol. The lowest BCUT2D eigenvalue weighted by Gasteiger charge is -2.34. The molecule has 244 valence electrons. The van der Waals surface area contributed by atoms with E-state index in [-0.39, 0.29) is 11.9 Å². The molecule has 0 N–H and O–H groups in total. The third-order valence-electron chi connectivity index (χ3n) is 13.0. The Morgan fingerprint density at radius 2 is 0.935 bits per heavy atom. The summed E-state index contributed by atoms with van der Waals surface area (Å²) in [5, 5.41) is 0. The van der Waals surface area contributed by atoms with Gasteiger partial charge in [-0.05, 0) is 112 Å². The minimum Gasteiger partial charge on any atom is -0.446 e. The Morgan fingerprint density at radius 1 is 0.587 bits per heavy atom. The molecule has 8 bridgehead atoms. The van der Waals surface area contributed by atoms with Gasteiger partial charge < -0.3 is 18.9 Å². The summed E-state index contributed by atoms with van der Waals surface area (Å²) in [5.74, 6) is -0.858. The van der Waals surface area contributed by atoms with Gasteiger partial charge in [-0.3, -0.25) is 9.59 Å². The van der Waals surface area contributed by atoms with Gasteiger partial charge in [0.1, 0.15) is 11.5 Å². The van der Waals surface area contributed by atoms with Crippen LogP contribution >= 0.6 is 31.9 Å². The van der Waals surface area contributed by atoms with Gasteiger partial charge in [0.25, 0.3) is 0 Å². The van der Waals surface area contributed by atoms with Crippen molar-refractivity contribution in [2.45, 2.75) is 104 Å². The lowest BCUT2D eigenvalue weighted by molar-refractivity contribution is -0.176. The third kappa shape index (κ3) is 3.89. The van der Waals surface area contributed by atoms with Gasteiger partial charge in [-0.25, -0.2) is 9.59 Å². The molecule has 0 unspecified atom stereocenters. The number of halogens is 2. The quantitative estimate of drug-likeness (QED) is 0.239. The second-order valence-corrected chi connectivity index (χ2v) is 16.9. The van der Waals surface area contributed by atoms with Crippen LogP contribution in [0, 0.1) is 21.7 Å². The maximum atomic E-state index is 13.9. The van der Waals surface area contributed by atoms with Crippen molar-refractivity contribution in [3.8, 4) is 11.5 Å². The summed E-state index contributed by atoms with van der Waals surface area (Å²) in [4.78, 5) is 53.4. The molecule has 10 heteroatoms.